The monoisotopic (exact) mass is 437 g/mol. The molecular formula is C21H22ClF2N3O3. The lowest BCUT2D eigenvalue weighted by atomic mass is 10.0. The topological polar surface area (TPSA) is 61.9 Å². The van der Waals surface area contributed by atoms with Gasteiger partial charge in [0.2, 0.25) is 5.91 Å². The summed E-state index contributed by atoms with van der Waals surface area (Å²) in [5.74, 6) is -2.67. The average Bonchev–Trinajstić information content (AvgIpc) is 2.73. The first-order chi connectivity index (χ1) is 14.4. The molecule has 160 valence electrons. The molecule has 0 radical (unpaired) electrons. The molecule has 3 rings (SSSR count). The van der Waals surface area contributed by atoms with Crippen molar-refractivity contribution in [1.29, 1.82) is 0 Å². The molecule has 0 aromatic heterocycles. The molecule has 1 aliphatic heterocycles. The molecule has 2 aromatic rings. The third-order valence-corrected chi connectivity index (χ3v) is 5.20. The predicted molar refractivity (Wildman–Crippen MR) is 109 cm³/mol. The number of anilines is 1. The third-order valence-electron chi connectivity index (χ3n) is 4.95. The van der Waals surface area contributed by atoms with Crippen LogP contribution in [0.1, 0.15) is 11.6 Å². The number of carbonyl (C=O) groups excluding carboxylic acids is 2. The van der Waals surface area contributed by atoms with E-state index in [1.807, 2.05) is 9.80 Å². The van der Waals surface area contributed by atoms with Crippen molar-refractivity contribution < 1.29 is 23.1 Å². The normalized spacial score (nSPS) is 16.1. The summed E-state index contributed by atoms with van der Waals surface area (Å²) in [6.07, 6.45) is 0. The van der Waals surface area contributed by atoms with Crippen LogP contribution in [-0.4, -0.2) is 61.5 Å². The van der Waals surface area contributed by atoms with Gasteiger partial charge in [0, 0.05) is 43.0 Å². The van der Waals surface area contributed by atoms with Gasteiger partial charge in [-0.15, -0.1) is 0 Å². The number of nitrogens with one attached hydrogen (secondary N) is 1. The summed E-state index contributed by atoms with van der Waals surface area (Å²) in [6.45, 7) is 2.34. The van der Waals surface area contributed by atoms with E-state index in [1.165, 1.54) is 13.2 Å². The van der Waals surface area contributed by atoms with Crippen molar-refractivity contribution in [3.63, 3.8) is 0 Å². The van der Waals surface area contributed by atoms with E-state index in [-0.39, 0.29) is 24.1 Å². The standard InChI is InChI=1S/C21H22ClF2N3O3/c1-30-21(29)20(14-2-4-15(22)5-3-14)27-10-8-26(9-11-27)13-19(28)25-16-6-7-17(23)18(24)12-16/h2-7,12,20H,8-11,13H2,1H3,(H,25,28)/t20-/m1/s1. The van der Waals surface area contributed by atoms with Gasteiger partial charge in [-0.1, -0.05) is 23.7 Å². The van der Waals surface area contributed by atoms with Crippen LogP contribution in [0.25, 0.3) is 0 Å². The Balaban J connectivity index is 1.57. The van der Waals surface area contributed by atoms with Gasteiger partial charge in [0.05, 0.1) is 13.7 Å². The van der Waals surface area contributed by atoms with Crippen LogP contribution in [-0.2, 0) is 14.3 Å². The third kappa shape index (κ3) is 5.53. The molecule has 9 heteroatoms. The molecule has 6 nitrogen and oxygen atoms in total. The molecule has 1 N–H and O–H groups in total. The van der Waals surface area contributed by atoms with Gasteiger partial charge in [-0.05, 0) is 29.8 Å². The van der Waals surface area contributed by atoms with Crippen LogP contribution in [0.4, 0.5) is 14.5 Å². The molecule has 0 aliphatic carbocycles. The molecule has 0 unspecified atom stereocenters. The van der Waals surface area contributed by atoms with Gasteiger partial charge in [-0.25, -0.2) is 13.6 Å². The van der Waals surface area contributed by atoms with Crippen molar-refractivity contribution in [3.05, 3.63) is 64.7 Å². The fraction of sp³-hybridized carbons (Fsp3) is 0.333. The van der Waals surface area contributed by atoms with Crippen LogP contribution < -0.4 is 5.32 Å². The molecule has 1 atom stereocenters. The predicted octanol–water partition coefficient (Wildman–Crippen LogP) is 3.09. The molecule has 1 fully saturated rings. The van der Waals surface area contributed by atoms with E-state index in [0.29, 0.717) is 31.2 Å². The van der Waals surface area contributed by atoms with Gasteiger partial charge in [0.15, 0.2) is 11.6 Å². The number of amides is 1. The Labute approximate surface area is 178 Å². The van der Waals surface area contributed by atoms with Crippen LogP contribution >= 0.6 is 11.6 Å². The minimum absolute atomic E-state index is 0.108. The number of hydrogen-bond donors (Lipinski definition) is 1. The molecule has 1 saturated heterocycles. The molecule has 1 amide bonds. The molecule has 2 aromatic carbocycles. The fourth-order valence-electron chi connectivity index (χ4n) is 3.41. The van der Waals surface area contributed by atoms with Crippen LogP contribution in [0.5, 0.6) is 0 Å². The Kier molecular flexibility index (Phi) is 7.36. The summed E-state index contributed by atoms with van der Waals surface area (Å²) in [5.41, 5.74) is 0.988. The molecular weight excluding hydrogens is 416 g/mol. The number of benzene rings is 2. The van der Waals surface area contributed by atoms with Crippen LogP contribution in [0.3, 0.4) is 0 Å². The first-order valence-electron chi connectivity index (χ1n) is 9.42. The summed E-state index contributed by atoms with van der Waals surface area (Å²) in [7, 11) is 1.35. The number of methoxy groups -OCH3 is 1. The smallest absolute Gasteiger partial charge is 0.327 e. The molecule has 1 heterocycles. The summed E-state index contributed by atoms with van der Waals surface area (Å²) >= 11 is 5.94. The van der Waals surface area contributed by atoms with E-state index in [2.05, 4.69) is 5.32 Å². The molecule has 0 bridgehead atoms. The SMILES string of the molecule is COC(=O)[C@@H](c1ccc(Cl)cc1)N1CCN(CC(=O)Nc2ccc(F)c(F)c2)CC1. The second-order valence-electron chi connectivity index (χ2n) is 6.97. The van der Waals surface area contributed by atoms with Gasteiger partial charge >= 0.3 is 5.97 Å². The minimum atomic E-state index is -1.02. The highest BCUT2D eigenvalue weighted by Gasteiger charge is 2.31. The number of nitrogens with zero attached hydrogens (tertiary/aromatic N) is 2. The second-order valence-corrected chi connectivity index (χ2v) is 7.40. The lowest BCUT2D eigenvalue weighted by molar-refractivity contribution is -0.148. The summed E-state index contributed by atoms with van der Waals surface area (Å²) in [5, 5.41) is 3.14. The lowest BCUT2D eigenvalue weighted by Gasteiger charge is -2.38. The van der Waals surface area contributed by atoms with Crippen molar-refractivity contribution in [2.24, 2.45) is 0 Å². The highest BCUT2D eigenvalue weighted by atomic mass is 35.5. The summed E-state index contributed by atoms with van der Waals surface area (Å²) in [6, 6.07) is 9.71. The second kappa shape index (κ2) is 9.97. The van der Waals surface area contributed by atoms with E-state index in [9.17, 15) is 18.4 Å². The van der Waals surface area contributed by atoms with E-state index >= 15 is 0 Å². The first-order valence-corrected chi connectivity index (χ1v) is 9.80. The Bertz CT molecular complexity index is 903. The van der Waals surface area contributed by atoms with Crippen LogP contribution in [0.15, 0.2) is 42.5 Å². The Morgan fingerprint density at radius 2 is 1.73 bits per heavy atom. The summed E-state index contributed by atoms with van der Waals surface area (Å²) in [4.78, 5) is 28.5. The zero-order chi connectivity index (χ0) is 21.7. The van der Waals surface area contributed by atoms with Gasteiger partial charge in [0.25, 0.3) is 0 Å². The van der Waals surface area contributed by atoms with Crippen molar-refractivity contribution in [3.8, 4) is 0 Å². The largest absolute Gasteiger partial charge is 0.468 e. The number of carbonyl (C=O) groups is 2. The highest BCUT2D eigenvalue weighted by Crippen LogP contribution is 2.25. The van der Waals surface area contributed by atoms with Crippen molar-refractivity contribution >= 4 is 29.2 Å². The van der Waals surface area contributed by atoms with Crippen molar-refractivity contribution in [1.82, 2.24) is 9.80 Å². The molecule has 0 saturated carbocycles. The van der Waals surface area contributed by atoms with E-state index in [0.717, 1.165) is 17.7 Å². The van der Waals surface area contributed by atoms with Gasteiger partial charge in [-0.3, -0.25) is 14.6 Å². The van der Waals surface area contributed by atoms with Crippen LogP contribution in [0.2, 0.25) is 5.02 Å². The van der Waals surface area contributed by atoms with Gasteiger partial charge in [-0.2, -0.15) is 0 Å². The number of piperazine rings is 1. The van der Waals surface area contributed by atoms with Crippen LogP contribution in [0, 0.1) is 11.6 Å². The lowest BCUT2D eigenvalue weighted by Crippen LogP contribution is -2.51. The molecule has 30 heavy (non-hydrogen) atoms. The Morgan fingerprint density at radius 3 is 2.33 bits per heavy atom. The highest BCUT2D eigenvalue weighted by molar-refractivity contribution is 6.30. The van der Waals surface area contributed by atoms with E-state index < -0.39 is 17.7 Å². The maximum Gasteiger partial charge on any atom is 0.327 e. The quantitative estimate of drug-likeness (QED) is 0.704. The number of halogens is 3. The van der Waals surface area contributed by atoms with E-state index in [4.69, 9.17) is 16.3 Å². The molecule has 1 aliphatic rings. The van der Waals surface area contributed by atoms with Gasteiger partial charge in [0.1, 0.15) is 6.04 Å². The van der Waals surface area contributed by atoms with Gasteiger partial charge < -0.3 is 10.1 Å². The maximum atomic E-state index is 13.3. The van der Waals surface area contributed by atoms with E-state index in [1.54, 1.807) is 24.3 Å². The van der Waals surface area contributed by atoms with Crippen molar-refractivity contribution in [2.75, 3.05) is 45.2 Å². The average molecular weight is 438 g/mol. The Hall–Kier alpha value is -2.55. The zero-order valence-electron chi connectivity index (χ0n) is 16.4. The first kappa shape index (κ1) is 22.1. The van der Waals surface area contributed by atoms with Crippen molar-refractivity contribution in [2.45, 2.75) is 6.04 Å². The fourth-order valence-corrected chi connectivity index (χ4v) is 3.54. The number of hydrogen-bond acceptors (Lipinski definition) is 5. The number of esters is 1. The Morgan fingerprint density at radius 1 is 1.07 bits per heavy atom. The summed E-state index contributed by atoms with van der Waals surface area (Å²) < 4.78 is 31.2. The number of ether oxygens (including phenoxy) is 1. The maximum absolute atomic E-state index is 13.3. The minimum Gasteiger partial charge on any atom is -0.468 e. The number of rotatable bonds is 6. The molecule has 0 spiro atoms. The zero-order valence-corrected chi connectivity index (χ0v) is 17.2.